The molecule has 1 heterocycles. The molecule has 1 fully saturated rings. The van der Waals surface area contributed by atoms with Gasteiger partial charge in [-0.3, -0.25) is 0 Å². The molecule has 2 rings (SSSR count). The van der Waals surface area contributed by atoms with Gasteiger partial charge in [-0.2, -0.15) is 0 Å². The third kappa shape index (κ3) is 2.47. The summed E-state index contributed by atoms with van der Waals surface area (Å²) in [6.45, 7) is 2.27. The van der Waals surface area contributed by atoms with Gasteiger partial charge in [-0.15, -0.1) is 0 Å². The zero-order valence-electron chi connectivity index (χ0n) is 9.31. The molecule has 2 unspecified atom stereocenters. The van der Waals surface area contributed by atoms with Crippen molar-refractivity contribution in [1.29, 1.82) is 0 Å². The predicted molar refractivity (Wildman–Crippen MR) is 68.3 cm³/mol. The van der Waals surface area contributed by atoms with Gasteiger partial charge in [-0.25, -0.2) is 9.97 Å². The first kappa shape index (κ1) is 11.3. The summed E-state index contributed by atoms with van der Waals surface area (Å²) in [6, 6.07) is 0.472. The van der Waals surface area contributed by atoms with Crippen LogP contribution in [0, 0.1) is 5.92 Å². The maximum absolute atomic E-state index is 5.61. The van der Waals surface area contributed by atoms with Crippen molar-refractivity contribution >= 4 is 23.0 Å². The minimum absolute atomic E-state index is 0.293. The Kier molecular flexibility index (Phi) is 3.33. The van der Waals surface area contributed by atoms with Crippen LogP contribution in [0.1, 0.15) is 31.9 Å². The zero-order chi connectivity index (χ0) is 11.5. The Morgan fingerprint density at radius 2 is 2.19 bits per heavy atom. The maximum atomic E-state index is 5.61. The van der Waals surface area contributed by atoms with Gasteiger partial charge in [0.25, 0.3) is 0 Å². The van der Waals surface area contributed by atoms with Gasteiger partial charge in [-0.1, -0.05) is 19.1 Å². The summed E-state index contributed by atoms with van der Waals surface area (Å²) in [7, 11) is 0. The first-order valence-corrected chi connectivity index (χ1v) is 5.95. The molecule has 0 saturated heterocycles. The molecule has 16 heavy (non-hydrogen) atoms. The quantitative estimate of drug-likeness (QED) is 0.782. The van der Waals surface area contributed by atoms with Gasteiger partial charge in [0, 0.05) is 18.4 Å². The largest absolute Gasteiger partial charge is 0.388 e. The van der Waals surface area contributed by atoms with Crippen LogP contribution in [0.25, 0.3) is 0 Å². The SMILES string of the molecule is CC1CCC(Nc2nccnc2C(N)=S)C1. The van der Waals surface area contributed by atoms with E-state index in [9.17, 15) is 0 Å². The standard InChI is InChI=1S/C11H16N4S/c1-7-2-3-8(6-7)15-11-9(10(12)16)13-4-5-14-11/h4-5,7-8H,2-3,6H2,1H3,(H2,12,16)(H,14,15). The van der Waals surface area contributed by atoms with Crippen LogP contribution in [0.4, 0.5) is 5.82 Å². The smallest absolute Gasteiger partial charge is 0.155 e. The Morgan fingerprint density at radius 1 is 1.44 bits per heavy atom. The summed E-state index contributed by atoms with van der Waals surface area (Å²) in [4.78, 5) is 8.69. The second-order valence-electron chi connectivity index (χ2n) is 4.38. The molecule has 0 spiro atoms. The lowest BCUT2D eigenvalue weighted by atomic mass is 10.1. The predicted octanol–water partition coefficient (Wildman–Crippen LogP) is 1.71. The molecule has 1 aromatic rings. The van der Waals surface area contributed by atoms with Gasteiger partial charge < -0.3 is 11.1 Å². The van der Waals surface area contributed by atoms with Gasteiger partial charge in [-0.05, 0) is 25.2 Å². The van der Waals surface area contributed by atoms with Gasteiger partial charge in [0.15, 0.2) is 5.82 Å². The number of aromatic nitrogens is 2. The number of nitrogens with zero attached hydrogens (tertiary/aromatic N) is 2. The van der Waals surface area contributed by atoms with Crippen molar-refractivity contribution in [1.82, 2.24) is 9.97 Å². The minimum Gasteiger partial charge on any atom is -0.388 e. The van der Waals surface area contributed by atoms with Crippen LogP contribution in [0.15, 0.2) is 12.4 Å². The van der Waals surface area contributed by atoms with E-state index in [4.69, 9.17) is 18.0 Å². The van der Waals surface area contributed by atoms with Crippen molar-refractivity contribution in [2.75, 3.05) is 5.32 Å². The molecule has 0 aromatic carbocycles. The van der Waals surface area contributed by atoms with Crippen molar-refractivity contribution in [2.45, 2.75) is 32.2 Å². The summed E-state index contributed by atoms with van der Waals surface area (Å²) in [5.41, 5.74) is 6.20. The van der Waals surface area contributed by atoms with Crippen LogP contribution >= 0.6 is 12.2 Å². The monoisotopic (exact) mass is 236 g/mol. The number of hydrogen-bond donors (Lipinski definition) is 2. The van der Waals surface area contributed by atoms with E-state index in [1.165, 1.54) is 19.3 Å². The highest BCUT2D eigenvalue weighted by atomic mass is 32.1. The number of nitrogens with one attached hydrogen (secondary N) is 1. The van der Waals surface area contributed by atoms with E-state index >= 15 is 0 Å². The fourth-order valence-corrected chi connectivity index (χ4v) is 2.30. The molecule has 1 aliphatic rings. The van der Waals surface area contributed by atoms with Crippen LogP contribution in [0.2, 0.25) is 0 Å². The summed E-state index contributed by atoms with van der Waals surface area (Å²) in [5, 5.41) is 3.38. The molecule has 0 aliphatic heterocycles. The van der Waals surface area contributed by atoms with Crippen LogP contribution in [0.3, 0.4) is 0 Å². The second-order valence-corrected chi connectivity index (χ2v) is 4.82. The molecule has 2 atom stereocenters. The molecule has 5 heteroatoms. The number of hydrogen-bond acceptors (Lipinski definition) is 4. The molecule has 0 bridgehead atoms. The Labute approximate surface area is 101 Å². The van der Waals surface area contributed by atoms with Gasteiger partial charge in [0.05, 0.1) is 0 Å². The van der Waals surface area contributed by atoms with Crippen molar-refractivity contribution in [3.63, 3.8) is 0 Å². The van der Waals surface area contributed by atoms with Crippen molar-refractivity contribution in [3.8, 4) is 0 Å². The number of anilines is 1. The zero-order valence-corrected chi connectivity index (χ0v) is 10.1. The maximum Gasteiger partial charge on any atom is 0.155 e. The lowest BCUT2D eigenvalue weighted by Gasteiger charge is -2.14. The van der Waals surface area contributed by atoms with Gasteiger partial charge in [0.2, 0.25) is 0 Å². The highest BCUT2D eigenvalue weighted by Gasteiger charge is 2.22. The summed E-state index contributed by atoms with van der Waals surface area (Å²) < 4.78 is 0. The molecule has 0 radical (unpaired) electrons. The number of rotatable bonds is 3. The van der Waals surface area contributed by atoms with E-state index in [-0.39, 0.29) is 0 Å². The molecule has 4 nitrogen and oxygen atoms in total. The molecule has 1 aromatic heterocycles. The third-order valence-electron chi connectivity index (χ3n) is 2.97. The van der Waals surface area contributed by atoms with Gasteiger partial charge >= 0.3 is 0 Å². The summed E-state index contributed by atoms with van der Waals surface area (Å²) in [5.74, 6) is 1.50. The van der Waals surface area contributed by atoms with E-state index in [0.29, 0.717) is 22.5 Å². The highest BCUT2D eigenvalue weighted by molar-refractivity contribution is 7.80. The van der Waals surface area contributed by atoms with Crippen LogP contribution in [-0.2, 0) is 0 Å². The Morgan fingerprint density at radius 3 is 2.81 bits per heavy atom. The van der Waals surface area contributed by atoms with Crippen LogP contribution in [-0.4, -0.2) is 21.0 Å². The minimum atomic E-state index is 0.293. The fraction of sp³-hybridized carbons (Fsp3) is 0.545. The molecule has 3 N–H and O–H groups in total. The average Bonchev–Trinajstić information content (AvgIpc) is 2.64. The highest BCUT2D eigenvalue weighted by Crippen LogP contribution is 2.27. The molecule has 0 amide bonds. The van der Waals surface area contributed by atoms with E-state index in [0.717, 1.165) is 5.92 Å². The fourth-order valence-electron chi connectivity index (χ4n) is 2.16. The topological polar surface area (TPSA) is 63.8 Å². The Bertz CT molecular complexity index is 393. The summed E-state index contributed by atoms with van der Waals surface area (Å²) in [6.07, 6.45) is 6.88. The molecule has 1 saturated carbocycles. The van der Waals surface area contributed by atoms with Crippen LogP contribution < -0.4 is 11.1 Å². The second kappa shape index (κ2) is 4.74. The normalized spacial score (nSPS) is 24.3. The van der Waals surface area contributed by atoms with Crippen LogP contribution in [0.5, 0.6) is 0 Å². The lowest BCUT2D eigenvalue weighted by Crippen LogP contribution is -2.21. The number of thiocarbonyl (C=S) groups is 1. The third-order valence-corrected chi connectivity index (χ3v) is 3.16. The number of nitrogens with two attached hydrogens (primary N) is 1. The lowest BCUT2D eigenvalue weighted by molar-refractivity contribution is 0.602. The molecule has 86 valence electrons. The molecular formula is C11H16N4S. The van der Waals surface area contributed by atoms with E-state index in [2.05, 4.69) is 22.2 Å². The Hall–Kier alpha value is -1.23. The Balaban J connectivity index is 2.12. The van der Waals surface area contributed by atoms with Crippen molar-refractivity contribution < 1.29 is 0 Å². The first-order valence-electron chi connectivity index (χ1n) is 5.54. The van der Waals surface area contributed by atoms with Crippen molar-refractivity contribution in [2.24, 2.45) is 11.7 Å². The molecular weight excluding hydrogens is 220 g/mol. The van der Waals surface area contributed by atoms with Gasteiger partial charge in [0.1, 0.15) is 10.7 Å². The first-order chi connectivity index (χ1) is 7.66. The molecule has 1 aliphatic carbocycles. The average molecular weight is 236 g/mol. The van der Waals surface area contributed by atoms with E-state index in [1.54, 1.807) is 12.4 Å². The van der Waals surface area contributed by atoms with Crippen molar-refractivity contribution in [3.05, 3.63) is 18.1 Å². The van der Waals surface area contributed by atoms with E-state index in [1.807, 2.05) is 0 Å². The summed E-state index contributed by atoms with van der Waals surface area (Å²) >= 11 is 4.95. The van der Waals surface area contributed by atoms with E-state index < -0.39 is 0 Å².